The van der Waals surface area contributed by atoms with Gasteiger partial charge in [0.25, 0.3) is 0 Å². The second kappa shape index (κ2) is 9.43. The number of nitrogens with zero attached hydrogens (tertiary/aromatic N) is 1. The number of benzene rings is 3. The second-order valence-corrected chi connectivity index (χ2v) is 10.2. The average molecular weight is 490 g/mol. The van der Waals surface area contributed by atoms with E-state index in [1.165, 1.54) is 35.7 Å². The van der Waals surface area contributed by atoms with Crippen LogP contribution >= 0.6 is 0 Å². The summed E-state index contributed by atoms with van der Waals surface area (Å²) in [4.78, 5) is 0.183. The van der Waals surface area contributed by atoms with Gasteiger partial charge in [-0.25, -0.2) is 8.42 Å². The molecule has 1 heterocycles. The van der Waals surface area contributed by atoms with Crippen LogP contribution in [-0.4, -0.2) is 26.4 Å². The fraction of sp³-hybridized carbons (Fsp3) is 0.308. The molecular weight excluding hydrogens is 463 g/mol. The van der Waals surface area contributed by atoms with Crippen molar-refractivity contribution in [2.45, 2.75) is 43.3 Å². The smallest absolute Gasteiger partial charge is 0.416 e. The summed E-state index contributed by atoms with van der Waals surface area (Å²) < 4.78 is 73.3. The number of aryl methyl sites for hydroxylation is 1. The molecule has 4 rings (SSSR count). The molecule has 0 amide bonds. The molecule has 180 valence electrons. The van der Waals surface area contributed by atoms with Gasteiger partial charge in [-0.05, 0) is 77.9 Å². The highest BCUT2D eigenvalue weighted by Crippen LogP contribution is 2.41. The normalized spacial score (nSPS) is 17.1. The van der Waals surface area contributed by atoms with Crippen molar-refractivity contribution in [3.8, 4) is 16.9 Å². The molecule has 8 heteroatoms. The third-order valence-electron chi connectivity index (χ3n) is 6.28. The largest absolute Gasteiger partial charge is 0.497 e. The van der Waals surface area contributed by atoms with E-state index in [-0.39, 0.29) is 4.90 Å². The first-order valence-electron chi connectivity index (χ1n) is 11.1. The van der Waals surface area contributed by atoms with Gasteiger partial charge in [-0.3, -0.25) is 0 Å². The van der Waals surface area contributed by atoms with E-state index in [4.69, 9.17) is 4.74 Å². The van der Waals surface area contributed by atoms with Crippen LogP contribution in [0.25, 0.3) is 11.1 Å². The zero-order chi connectivity index (χ0) is 24.5. The van der Waals surface area contributed by atoms with Crippen LogP contribution in [0.1, 0.15) is 42.5 Å². The zero-order valence-corrected chi connectivity index (χ0v) is 19.8. The number of fused-ring (bicyclic) bond motifs is 1. The first-order chi connectivity index (χ1) is 16.2. The minimum atomic E-state index is -4.42. The molecule has 0 aliphatic carbocycles. The molecule has 0 fully saturated rings. The lowest BCUT2D eigenvalue weighted by atomic mass is 9.88. The van der Waals surface area contributed by atoms with Crippen molar-refractivity contribution in [1.29, 1.82) is 0 Å². The highest BCUT2D eigenvalue weighted by molar-refractivity contribution is 7.89. The Morgan fingerprint density at radius 3 is 2.26 bits per heavy atom. The van der Waals surface area contributed by atoms with Gasteiger partial charge in [-0.1, -0.05) is 37.3 Å². The summed E-state index contributed by atoms with van der Waals surface area (Å²) in [6.45, 7) is 2.29. The molecule has 0 saturated heterocycles. The molecule has 0 unspecified atom stereocenters. The number of ether oxygens (including phenoxy) is 1. The minimum absolute atomic E-state index is 0.183. The SMILES string of the molecule is CC[C@H]1c2c(cccc2-c2ccc(C(F)(F)F)cc2)CCCN1S(=O)(=O)c1ccc(OC)cc1. The van der Waals surface area contributed by atoms with Gasteiger partial charge >= 0.3 is 6.18 Å². The van der Waals surface area contributed by atoms with Gasteiger partial charge in [0.15, 0.2) is 0 Å². The molecule has 1 atom stereocenters. The van der Waals surface area contributed by atoms with Crippen LogP contribution in [0.2, 0.25) is 0 Å². The summed E-state index contributed by atoms with van der Waals surface area (Å²) >= 11 is 0. The van der Waals surface area contributed by atoms with E-state index in [1.807, 2.05) is 25.1 Å². The van der Waals surface area contributed by atoms with Crippen LogP contribution < -0.4 is 4.74 Å². The van der Waals surface area contributed by atoms with E-state index in [2.05, 4.69) is 0 Å². The number of rotatable bonds is 5. The van der Waals surface area contributed by atoms with Gasteiger partial charge < -0.3 is 4.74 Å². The molecule has 34 heavy (non-hydrogen) atoms. The first-order valence-corrected chi connectivity index (χ1v) is 12.6. The fourth-order valence-electron chi connectivity index (χ4n) is 4.62. The van der Waals surface area contributed by atoms with Gasteiger partial charge in [0.2, 0.25) is 10.0 Å². The van der Waals surface area contributed by atoms with E-state index >= 15 is 0 Å². The van der Waals surface area contributed by atoms with Gasteiger partial charge in [0, 0.05) is 6.54 Å². The average Bonchev–Trinajstić information content (AvgIpc) is 3.03. The number of alkyl halides is 3. The molecular formula is C26H26F3NO3S. The third-order valence-corrected chi connectivity index (χ3v) is 8.20. The van der Waals surface area contributed by atoms with Gasteiger partial charge in [-0.15, -0.1) is 0 Å². The second-order valence-electron chi connectivity index (χ2n) is 8.27. The standard InChI is InChI=1S/C26H26F3NO3S/c1-3-24-25-19(6-4-8-23(25)18-9-11-20(12-10-18)26(27,28)29)7-5-17-30(24)34(31,32)22-15-13-21(33-2)14-16-22/h4,6,8-16,24H,3,5,7,17H2,1-2H3/t24-/m0/s1. The quantitative estimate of drug-likeness (QED) is 0.413. The van der Waals surface area contributed by atoms with Crippen molar-refractivity contribution in [2.75, 3.05) is 13.7 Å². The molecule has 0 aromatic heterocycles. The summed E-state index contributed by atoms with van der Waals surface area (Å²) in [6, 6.07) is 16.6. The third kappa shape index (κ3) is 4.57. The molecule has 0 radical (unpaired) electrons. The van der Waals surface area contributed by atoms with Crippen molar-refractivity contribution >= 4 is 10.0 Å². The Bertz CT molecular complexity index is 1250. The molecule has 0 spiro atoms. The van der Waals surface area contributed by atoms with Crippen molar-refractivity contribution in [3.63, 3.8) is 0 Å². The molecule has 0 bridgehead atoms. The van der Waals surface area contributed by atoms with Crippen molar-refractivity contribution in [2.24, 2.45) is 0 Å². The molecule has 1 aliphatic heterocycles. The Labute approximate surface area is 198 Å². The van der Waals surface area contributed by atoms with E-state index in [9.17, 15) is 21.6 Å². The van der Waals surface area contributed by atoms with E-state index < -0.39 is 27.8 Å². The lowest BCUT2D eigenvalue weighted by Crippen LogP contribution is -2.35. The lowest BCUT2D eigenvalue weighted by Gasteiger charge is -2.31. The fourth-order valence-corrected chi connectivity index (χ4v) is 6.33. The maximum atomic E-state index is 13.7. The topological polar surface area (TPSA) is 46.6 Å². The highest BCUT2D eigenvalue weighted by atomic mass is 32.2. The number of halogens is 3. The summed E-state index contributed by atoms with van der Waals surface area (Å²) in [5.74, 6) is 0.566. The van der Waals surface area contributed by atoms with Crippen LogP contribution in [0.15, 0.2) is 71.6 Å². The number of methoxy groups -OCH3 is 1. The zero-order valence-electron chi connectivity index (χ0n) is 19.0. The molecule has 1 aliphatic rings. The lowest BCUT2D eigenvalue weighted by molar-refractivity contribution is -0.137. The van der Waals surface area contributed by atoms with E-state index in [0.29, 0.717) is 37.1 Å². The molecule has 0 saturated carbocycles. The van der Waals surface area contributed by atoms with Gasteiger partial charge in [-0.2, -0.15) is 17.5 Å². The predicted molar refractivity (Wildman–Crippen MR) is 125 cm³/mol. The van der Waals surface area contributed by atoms with Gasteiger partial charge in [0.1, 0.15) is 5.75 Å². The van der Waals surface area contributed by atoms with Crippen LogP contribution in [0.5, 0.6) is 5.75 Å². The van der Waals surface area contributed by atoms with Crippen LogP contribution in [0.3, 0.4) is 0 Å². The molecule has 3 aromatic rings. The molecule has 0 N–H and O–H groups in total. The maximum absolute atomic E-state index is 13.7. The Kier molecular flexibility index (Phi) is 6.73. The van der Waals surface area contributed by atoms with Gasteiger partial charge in [0.05, 0.1) is 23.6 Å². The van der Waals surface area contributed by atoms with Crippen LogP contribution in [0, 0.1) is 0 Å². The predicted octanol–water partition coefficient (Wildman–Crippen LogP) is 6.47. The van der Waals surface area contributed by atoms with Crippen molar-refractivity contribution in [1.82, 2.24) is 4.31 Å². The first kappa shape index (κ1) is 24.3. The van der Waals surface area contributed by atoms with Crippen LogP contribution in [-0.2, 0) is 22.6 Å². The van der Waals surface area contributed by atoms with E-state index in [1.54, 1.807) is 12.1 Å². The number of hydrogen-bond donors (Lipinski definition) is 0. The van der Waals surface area contributed by atoms with Crippen LogP contribution in [0.4, 0.5) is 13.2 Å². The summed E-state index contributed by atoms with van der Waals surface area (Å²) in [5.41, 5.74) is 2.56. The van der Waals surface area contributed by atoms with E-state index in [0.717, 1.165) is 28.8 Å². The van der Waals surface area contributed by atoms with Crippen molar-refractivity contribution in [3.05, 3.63) is 83.4 Å². The number of hydrogen-bond acceptors (Lipinski definition) is 3. The Hall–Kier alpha value is -2.84. The Balaban J connectivity index is 1.80. The van der Waals surface area contributed by atoms with Crippen molar-refractivity contribution < 1.29 is 26.3 Å². The monoisotopic (exact) mass is 489 g/mol. The molecule has 3 aromatic carbocycles. The Morgan fingerprint density at radius 1 is 1.00 bits per heavy atom. The number of sulfonamides is 1. The Morgan fingerprint density at radius 2 is 1.68 bits per heavy atom. The minimum Gasteiger partial charge on any atom is -0.497 e. The summed E-state index contributed by atoms with van der Waals surface area (Å²) in [7, 11) is -2.29. The summed E-state index contributed by atoms with van der Waals surface area (Å²) in [5, 5.41) is 0. The highest BCUT2D eigenvalue weighted by Gasteiger charge is 2.36. The maximum Gasteiger partial charge on any atom is 0.416 e. The summed E-state index contributed by atoms with van der Waals surface area (Å²) in [6.07, 6.45) is -2.55. The molecule has 4 nitrogen and oxygen atoms in total.